The van der Waals surface area contributed by atoms with Gasteiger partial charge in [0.15, 0.2) is 18.1 Å². The molecular weight excluding hydrogens is 372 g/mol. The topological polar surface area (TPSA) is 140 Å². The summed E-state index contributed by atoms with van der Waals surface area (Å²) < 4.78 is 10.3. The Morgan fingerprint density at radius 2 is 2.00 bits per heavy atom. The number of benzene rings is 1. The number of amides is 4. The SMILES string of the molecule is COc1ccc([N+](=O)[O-])cc1OCC(=O)NN1C(=O)NC2(CCCCC2)C1=O. The van der Waals surface area contributed by atoms with Gasteiger partial charge in [-0.2, -0.15) is 5.01 Å². The highest BCUT2D eigenvalue weighted by Gasteiger charge is 2.52. The fourth-order valence-electron chi connectivity index (χ4n) is 3.41. The van der Waals surface area contributed by atoms with Gasteiger partial charge >= 0.3 is 6.03 Å². The number of methoxy groups -OCH3 is 1. The Labute approximate surface area is 160 Å². The molecule has 0 atom stereocenters. The lowest BCUT2D eigenvalue weighted by Crippen LogP contribution is -2.51. The molecule has 11 nitrogen and oxygen atoms in total. The standard InChI is InChI=1S/C17H20N4O7/c1-27-12-6-5-11(21(25)26)9-13(12)28-10-14(22)19-20-15(23)17(18-16(20)24)7-3-2-4-8-17/h5-6,9H,2-4,7-8,10H2,1H3,(H,18,24)(H,19,22). The zero-order valence-corrected chi connectivity index (χ0v) is 15.2. The molecule has 0 bridgehead atoms. The number of hydrogen-bond acceptors (Lipinski definition) is 7. The first kappa shape index (κ1) is 19.4. The average molecular weight is 392 g/mol. The van der Waals surface area contributed by atoms with Gasteiger partial charge in [0.25, 0.3) is 17.5 Å². The van der Waals surface area contributed by atoms with Crippen LogP contribution >= 0.6 is 0 Å². The van der Waals surface area contributed by atoms with E-state index in [9.17, 15) is 24.5 Å². The number of nitro groups is 1. The molecule has 2 fully saturated rings. The zero-order valence-electron chi connectivity index (χ0n) is 15.2. The molecule has 0 radical (unpaired) electrons. The van der Waals surface area contributed by atoms with E-state index < -0.39 is 34.9 Å². The fourth-order valence-corrected chi connectivity index (χ4v) is 3.41. The summed E-state index contributed by atoms with van der Waals surface area (Å²) in [6, 6.07) is 3.02. The van der Waals surface area contributed by atoms with Crippen molar-refractivity contribution in [2.24, 2.45) is 0 Å². The highest BCUT2D eigenvalue weighted by molar-refractivity contribution is 6.08. The molecular formula is C17H20N4O7. The minimum Gasteiger partial charge on any atom is -0.493 e. The first-order valence-electron chi connectivity index (χ1n) is 8.78. The van der Waals surface area contributed by atoms with Crippen molar-refractivity contribution in [3.63, 3.8) is 0 Å². The third-order valence-electron chi connectivity index (χ3n) is 4.82. The van der Waals surface area contributed by atoms with Gasteiger partial charge in [-0.05, 0) is 18.9 Å². The molecule has 2 N–H and O–H groups in total. The molecule has 1 saturated carbocycles. The number of nitro benzene ring substituents is 1. The normalized spacial score (nSPS) is 18.0. The minimum atomic E-state index is -0.952. The maximum absolute atomic E-state index is 12.6. The van der Waals surface area contributed by atoms with E-state index in [4.69, 9.17) is 9.47 Å². The van der Waals surface area contributed by atoms with Crippen molar-refractivity contribution in [3.05, 3.63) is 28.3 Å². The Kier molecular flexibility index (Phi) is 5.34. The van der Waals surface area contributed by atoms with Crippen molar-refractivity contribution >= 4 is 23.5 Å². The maximum atomic E-state index is 12.6. The predicted octanol–water partition coefficient (Wildman–Crippen LogP) is 1.27. The molecule has 1 aromatic rings. The first-order valence-corrected chi connectivity index (χ1v) is 8.78. The summed E-state index contributed by atoms with van der Waals surface area (Å²) in [4.78, 5) is 47.2. The Bertz CT molecular complexity index is 820. The molecule has 11 heteroatoms. The van der Waals surface area contributed by atoms with Gasteiger partial charge in [-0.3, -0.25) is 25.1 Å². The molecule has 1 spiro atoms. The Balaban J connectivity index is 1.63. The second-order valence-corrected chi connectivity index (χ2v) is 6.63. The minimum absolute atomic E-state index is 0.00667. The third kappa shape index (κ3) is 3.68. The van der Waals surface area contributed by atoms with Crippen LogP contribution in [0.5, 0.6) is 11.5 Å². The summed E-state index contributed by atoms with van der Waals surface area (Å²) in [5, 5.41) is 14.2. The van der Waals surface area contributed by atoms with Gasteiger partial charge in [-0.15, -0.1) is 0 Å². The summed E-state index contributed by atoms with van der Waals surface area (Å²) in [7, 11) is 1.35. The lowest BCUT2D eigenvalue weighted by molar-refractivity contribution is -0.385. The molecule has 1 aliphatic carbocycles. The molecule has 0 unspecified atom stereocenters. The van der Waals surface area contributed by atoms with E-state index in [0.29, 0.717) is 17.9 Å². The van der Waals surface area contributed by atoms with Crippen LogP contribution in [0.2, 0.25) is 0 Å². The number of carbonyl (C=O) groups is 3. The largest absolute Gasteiger partial charge is 0.493 e. The zero-order chi connectivity index (χ0) is 20.3. The summed E-state index contributed by atoms with van der Waals surface area (Å²) in [5.41, 5.74) is 1.04. The van der Waals surface area contributed by atoms with E-state index in [2.05, 4.69) is 10.7 Å². The van der Waals surface area contributed by atoms with Crippen LogP contribution in [0.4, 0.5) is 10.5 Å². The molecule has 1 aliphatic heterocycles. The lowest BCUT2D eigenvalue weighted by atomic mass is 9.82. The summed E-state index contributed by atoms with van der Waals surface area (Å²) >= 11 is 0. The van der Waals surface area contributed by atoms with E-state index >= 15 is 0 Å². The van der Waals surface area contributed by atoms with Crippen LogP contribution in [-0.2, 0) is 9.59 Å². The molecule has 2 aliphatic rings. The quantitative estimate of drug-likeness (QED) is 0.422. The first-order chi connectivity index (χ1) is 13.4. The number of urea groups is 1. The third-order valence-corrected chi connectivity index (χ3v) is 4.82. The van der Waals surface area contributed by atoms with Crippen LogP contribution in [0.1, 0.15) is 32.1 Å². The Hall–Kier alpha value is -3.37. The van der Waals surface area contributed by atoms with Crippen LogP contribution in [-0.4, -0.2) is 47.0 Å². The smallest absolute Gasteiger partial charge is 0.344 e. The van der Waals surface area contributed by atoms with Crippen molar-refractivity contribution in [1.82, 2.24) is 15.8 Å². The number of imide groups is 1. The van der Waals surface area contributed by atoms with Gasteiger partial charge in [0.1, 0.15) is 5.54 Å². The number of carbonyl (C=O) groups excluding carboxylic acids is 3. The highest BCUT2D eigenvalue weighted by atomic mass is 16.6. The Morgan fingerprint density at radius 1 is 1.29 bits per heavy atom. The van der Waals surface area contributed by atoms with E-state index in [1.807, 2.05) is 0 Å². The Morgan fingerprint density at radius 3 is 2.64 bits per heavy atom. The number of rotatable bonds is 6. The average Bonchev–Trinajstić information content (AvgIpc) is 2.90. The summed E-state index contributed by atoms with van der Waals surface area (Å²) in [5.74, 6) is -1.05. The van der Waals surface area contributed by atoms with Crippen LogP contribution in [0.25, 0.3) is 0 Å². The summed E-state index contributed by atoms with van der Waals surface area (Å²) in [6.07, 6.45) is 3.71. The second-order valence-electron chi connectivity index (χ2n) is 6.63. The second kappa shape index (κ2) is 7.71. The molecule has 3 rings (SSSR count). The van der Waals surface area contributed by atoms with Crippen LogP contribution in [0.3, 0.4) is 0 Å². The number of nitrogens with zero attached hydrogens (tertiary/aromatic N) is 2. The molecule has 0 aromatic heterocycles. The maximum Gasteiger partial charge on any atom is 0.344 e. The number of non-ortho nitro benzene ring substituents is 1. The molecule has 1 saturated heterocycles. The van der Waals surface area contributed by atoms with Crippen molar-refractivity contribution in [3.8, 4) is 11.5 Å². The van der Waals surface area contributed by atoms with Crippen molar-refractivity contribution in [1.29, 1.82) is 0 Å². The number of ether oxygens (including phenoxy) is 2. The lowest BCUT2D eigenvalue weighted by Gasteiger charge is -2.30. The summed E-state index contributed by atoms with van der Waals surface area (Å²) in [6.45, 7) is -0.568. The van der Waals surface area contributed by atoms with Gasteiger partial charge in [0.05, 0.1) is 18.1 Å². The van der Waals surface area contributed by atoms with Gasteiger partial charge in [0, 0.05) is 6.07 Å². The van der Waals surface area contributed by atoms with Crippen LogP contribution in [0.15, 0.2) is 18.2 Å². The van der Waals surface area contributed by atoms with Gasteiger partial charge in [-0.25, -0.2) is 4.79 Å². The molecule has 150 valence electrons. The van der Waals surface area contributed by atoms with Gasteiger partial charge in [0.2, 0.25) is 0 Å². The molecule has 28 heavy (non-hydrogen) atoms. The highest BCUT2D eigenvalue weighted by Crippen LogP contribution is 2.33. The number of nitrogens with one attached hydrogen (secondary N) is 2. The molecule has 4 amide bonds. The van der Waals surface area contributed by atoms with E-state index in [-0.39, 0.29) is 17.2 Å². The van der Waals surface area contributed by atoms with Crippen LogP contribution < -0.4 is 20.2 Å². The van der Waals surface area contributed by atoms with E-state index in [1.165, 1.54) is 19.2 Å². The number of hydrazine groups is 1. The van der Waals surface area contributed by atoms with Crippen LogP contribution in [0, 0.1) is 10.1 Å². The van der Waals surface area contributed by atoms with E-state index in [1.54, 1.807) is 0 Å². The number of hydrogen-bond donors (Lipinski definition) is 2. The van der Waals surface area contributed by atoms with Gasteiger partial charge in [-0.1, -0.05) is 19.3 Å². The van der Waals surface area contributed by atoms with Gasteiger partial charge < -0.3 is 14.8 Å². The van der Waals surface area contributed by atoms with Crippen molar-refractivity contribution in [2.75, 3.05) is 13.7 Å². The molecule has 1 heterocycles. The monoisotopic (exact) mass is 392 g/mol. The van der Waals surface area contributed by atoms with E-state index in [0.717, 1.165) is 25.3 Å². The molecule has 1 aromatic carbocycles. The van der Waals surface area contributed by atoms with Crippen molar-refractivity contribution < 1.29 is 28.8 Å². The predicted molar refractivity (Wildman–Crippen MR) is 94.5 cm³/mol. The fraction of sp³-hybridized carbons (Fsp3) is 0.471. The van der Waals surface area contributed by atoms with Crippen molar-refractivity contribution in [2.45, 2.75) is 37.6 Å².